The number of rotatable bonds is 0. The average Bonchev–Trinajstić information content (AvgIpc) is 3.12. The SMILES string of the molecule is C=C1COc2c3c(cc4ccccc24)OCCOCCOCCOCCOCCOc2cc4ccccc4c(c2OC(=O)CCC(=O)O3)OC1. The number of hydrogen-bond acceptors (Lipinski definition) is 12. The van der Waals surface area contributed by atoms with E-state index in [1.54, 1.807) is 12.1 Å². The molecule has 4 aromatic rings. The summed E-state index contributed by atoms with van der Waals surface area (Å²) >= 11 is 0. The van der Waals surface area contributed by atoms with Crippen LogP contribution >= 0.6 is 0 Å². The zero-order valence-electron chi connectivity index (χ0n) is 27.8. The van der Waals surface area contributed by atoms with E-state index in [1.165, 1.54) is 0 Å². The molecule has 0 amide bonds. The molecule has 0 N–H and O–H groups in total. The number of carbonyl (C=O) groups excluding carboxylic acids is 2. The van der Waals surface area contributed by atoms with E-state index in [4.69, 9.17) is 47.4 Å². The van der Waals surface area contributed by atoms with Crippen LogP contribution < -0.4 is 28.4 Å². The lowest BCUT2D eigenvalue weighted by molar-refractivity contribution is -0.140. The van der Waals surface area contributed by atoms with Crippen molar-refractivity contribution < 1.29 is 57.0 Å². The summed E-state index contributed by atoms with van der Waals surface area (Å²) in [5.74, 6) is -0.0329. The minimum atomic E-state index is -0.678. The zero-order chi connectivity index (χ0) is 34.5. The van der Waals surface area contributed by atoms with Gasteiger partial charge in [-0.2, -0.15) is 0 Å². The van der Waals surface area contributed by atoms with Crippen LogP contribution in [0.25, 0.3) is 21.5 Å². The summed E-state index contributed by atoms with van der Waals surface area (Å²) in [6.45, 7) is 7.39. The molecule has 0 fully saturated rings. The quantitative estimate of drug-likeness (QED) is 0.133. The van der Waals surface area contributed by atoms with Gasteiger partial charge in [-0.15, -0.1) is 0 Å². The van der Waals surface area contributed by atoms with Crippen molar-refractivity contribution in [2.45, 2.75) is 12.8 Å². The fraction of sp³-hybridized carbons (Fsp3) is 0.368. The highest BCUT2D eigenvalue weighted by molar-refractivity contribution is 5.95. The molecule has 2 bridgehead atoms. The van der Waals surface area contributed by atoms with E-state index in [9.17, 15) is 9.59 Å². The van der Waals surface area contributed by atoms with Crippen molar-refractivity contribution in [3.8, 4) is 34.5 Å². The molecule has 0 aliphatic carbocycles. The largest absolute Gasteiger partial charge is 0.487 e. The summed E-state index contributed by atoms with van der Waals surface area (Å²) in [7, 11) is 0. The topological polar surface area (TPSA) is 126 Å². The minimum Gasteiger partial charge on any atom is -0.487 e. The number of ether oxygens (including phenoxy) is 10. The van der Waals surface area contributed by atoms with Crippen LogP contribution in [-0.4, -0.2) is 91.2 Å². The van der Waals surface area contributed by atoms with Crippen LogP contribution in [0.15, 0.2) is 72.8 Å². The molecule has 2 aliphatic heterocycles. The average molecular weight is 689 g/mol. The van der Waals surface area contributed by atoms with Crippen LogP contribution in [0.4, 0.5) is 0 Å². The summed E-state index contributed by atoms with van der Waals surface area (Å²) in [4.78, 5) is 26.6. The van der Waals surface area contributed by atoms with Gasteiger partial charge in [0.25, 0.3) is 0 Å². The van der Waals surface area contributed by atoms with Gasteiger partial charge in [0.05, 0.1) is 65.7 Å². The summed E-state index contributed by atoms with van der Waals surface area (Å²) < 4.78 is 59.1. The second-order valence-electron chi connectivity index (χ2n) is 11.4. The molecule has 0 aromatic heterocycles. The van der Waals surface area contributed by atoms with Crippen molar-refractivity contribution >= 4 is 33.5 Å². The molecule has 0 unspecified atom stereocenters. The third-order valence-corrected chi connectivity index (χ3v) is 7.74. The standard InChI is InChI=1S/C38H40O12/c1-26-24-47-35-29-8-4-2-6-27(29)22-31-37(35)49-33(39)10-11-34(40)50-38-32(23-28-7-3-5-9-30(28)36(38)48-25-26)46-21-19-44-17-15-42-13-12-41-14-16-43-18-20-45-31/h2-9,22-23H,1,10-21,24-25H2. The monoisotopic (exact) mass is 688 g/mol. The Morgan fingerprint density at radius 1 is 0.460 bits per heavy atom. The van der Waals surface area contributed by atoms with Crippen LogP contribution in [-0.2, 0) is 28.5 Å². The predicted molar refractivity (Wildman–Crippen MR) is 183 cm³/mol. The van der Waals surface area contributed by atoms with Gasteiger partial charge in [-0.05, 0) is 28.5 Å². The maximum atomic E-state index is 13.3. The predicted octanol–water partition coefficient (Wildman–Crippen LogP) is 5.45. The third-order valence-electron chi connectivity index (χ3n) is 7.74. The van der Waals surface area contributed by atoms with Gasteiger partial charge in [0, 0.05) is 10.8 Å². The van der Waals surface area contributed by atoms with E-state index >= 15 is 0 Å². The maximum absolute atomic E-state index is 13.3. The Morgan fingerprint density at radius 2 is 0.840 bits per heavy atom. The van der Waals surface area contributed by atoms with Crippen molar-refractivity contribution in [2.75, 3.05) is 79.3 Å². The molecule has 2 aliphatic rings. The van der Waals surface area contributed by atoms with Gasteiger partial charge in [0.2, 0.25) is 11.5 Å². The lowest BCUT2D eigenvalue weighted by Crippen LogP contribution is -2.17. The number of benzene rings is 4. The third kappa shape index (κ3) is 9.21. The Morgan fingerprint density at radius 3 is 1.26 bits per heavy atom. The highest BCUT2D eigenvalue weighted by Crippen LogP contribution is 2.46. The molecule has 264 valence electrons. The second-order valence-corrected chi connectivity index (χ2v) is 11.4. The molecule has 0 saturated carbocycles. The molecule has 0 spiro atoms. The first-order chi connectivity index (χ1) is 24.6. The number of carbonyl (C=O) groups is 2. The lowest BCUT2D eigenvalue weighted by atomic mass is 10.1. The number of esters is 2. The van der Waals surface area contributed by atoms with E-state index in [0.29, 0.717) is 67.5 Å². The van der Waals surface area contributed by atoms with Gasteiger partial charge in [-0.25, -0.2) is 0 Å². The Hall–Kier alpha value is -4.88. The number of fused-ring (bicyclic) bond motifs is 9. The van der Waals surface area contributed by atoms with E-state index in [0.717, 1.165) is 10.8 Å². The maximum Gasteiger partial charge on any atom is 0.312 e. The fourth-order valence-corrected chi connectivity index (χ4v) is 5.34. The van der Waals surface area contributed by atoms with Gasteiger partial charge in [-0.1, -0.05) is 55.1 Å². The van der Waals surface area contributed by atoms with Crippen LogP contribution in [0.1, 0.15) is 12.8 Å². The molecular formula is C38H40O12. The van der Waals surface area contributed by atoms with Crippen molar-refractivity contribution in [3.63, 3.8) is 0 Å². The smallest absolute Gasteiger partial charge is 0.312 e. The summed E-state index contributed by atoms with van der Waals surface area (Å²) in [6.07, 6.45) is -0.563. The normalized spacial score (nSPS) is 18.0. The molecule has 0 atom stereocenters. The number of hydrogen-bond donors (Lipinski definition) is 0. The first-order valence-corrected chi connectivity index (χ1v) is 16.6. The minimum absolute atomic E-state index is 0.0193. The first-order valence-electron chi connectivity index (χ1n) is 16.6. The molecular weight excluding hydrogens is 648 g/mol. The molecule has 50 heavy (non-hydrogen) atoms. The van der Waals surface area contributed by atoms with Crippen molar-refractivity contribution in [1.82, 2.24) is 0 Å². The Bertz CT molecular complexity index is 1670. The molecule has 0 saturated heterocycles. The summed E-state index contributed by atoms with van der Waals surface area (Å²) in [5, 5.41) is 3.01. The zero-order valence-corrected chi connectivity index (χ0v) is 27.8. The molecule has 12 nitrogen and oxygen atoms in total. The van der Waals surface area contributed by atoms with Crippen LogP contribution in [0.5, 0.6) is 34.5 Å². The molecule has 0 radical (unpaired) electrons. The van der Waals surface area contributed by atoms with Gasteiger partial charge >= 0.3 is 11.9 Å². The van der Waals surface area contributed by atoms with Crippen LogP contribution in [0.3, 0.4) is 0 Å². The van der Waals surface area contributed by atoms with Crippen molar-refractivity contribution in [2.24, 2.45) is 0 Å². The fourth-order valence-electron chi connectivity index (χ4n) is 5.34. The van der Waals surface area contributed by atoms with E-state index < -0.39 is 11.9 Å². The van der Waals surface area contributed by atoms with Crippen molar-refractivity contribution in [3.05, 3.63) is 72.8 Å². The van der Waals surface area contributed by atoms with Crippen molar-refractivity contribution in [1.29, 1.82) is 0 Å². The Kier molecular flexibility index (Phi) is 12.4. The Labute approximate surface area is 289 Å². The highest BCUT2D eigenvalue weighted by Gasteiger charge is 2.25. The van der Waals surface area contributed by atoms with Gasteiger partial charge in [0.15, 0.2) is 23.0 Å². The van der Waals surface area contributed by atoms with E-state index in [1.807, 2.05) is 48.5 Å². The highest BCUT2D eigenvalue weighted by atomic mass is 16.6. The van der Waals surface area contributed by atoms with Gasteiger partial charge < -0.3 is 47.4 Å². The molecule has 4 aromatic carbocycles. The Balaban J connectivity index is 1.36. The lowest BCUT2D eigenvalue weighted by Gasteiger charge is -2.20. The molecule has 6 rings (SSSR count). The van der Waals surface area contributed by atoms with Gasteiger partial charge in [0.1, 0.15) is 26.4 Å². The van der Waals surface area contributed by atoms with Crippen LogP contribution in [0.2, 0.25) is 0 Å². The van der Waals surface area contributed by atoms with E-state index in [2.05, 4.69) is 6.58 Å². The van der Waals surface area contributed by atoms with E-state index in [-0.39, 0.29) is 75.5 Å². The first kappa shape index (κ1) is 35.0. The second kappa shape index (κ2) is 17.7. The van der Waals surface area contributed by atoms with Gasteiger partial charge in [-0.3, -0.25) is 9.59 Å². The molecule has 12 heteroatoms. The summed E-state index contributed by atoms with van der Waals surface area (Å²) in [6, 6.07) is 18.6. The van der Waals surface area contributed by atoms with Crippen LogP contribution in [0, 0.1) is 0 Å². The summed E-state index contributed by atoms with van der Waals surface area (Å²) in [5.41, 5.74) is 0.559. The molecule has 2 heterocycles.